The van der Waals surface area contributed by atoms with Gasteiger partial charge in [0.1, 0.15) is 24.2 Å². The van der Waals surface area contributed by atoms with Gasteiger partial charge >= 0.3 is 5.97 Å². The monoisotopic (exact) mass is 724 g/mol. The highest BCUT2D eigenvalue weighted by Gasteiger charge is 2.34. The van der Waals surface area contributed by atoms with Gasteiger partial charge in [-0.2, -0.15) is 0 Å². The summed E-state index contributed by atoms with van der Waals surface area (Å²) in [7, 11) is 0. The van der Waals surface area contributed by atoms with Gasteiger partial charge in [-0.25, -0.2) is 9.78 Å². The lowest BCUT2D eigenvalue weighted by atomic mass is 9.97. The number of aliphatic hydroxyl groups excluding tert-OH is 1. The number of carbonyl (C=O) groups excluding carboxylic acids is 5. The van der Waals surface area contributed by atoms with Gasteiger partial charge in [-0.1, -0.05) is 20.3 Å². The average molecular weight is 725 g/mol. The summed E-state index contributed by atoms with van der Waals surface area (Å²) < 4.78 is 0. The van der Waals surface area contributed by atoms with Crippen molar-refractivity contribution in [1.82, 2.24) is 41.9 Å². The first-order chi connectivity index (χ1) is 24.0. The summed E-state index contributed by atoms with van der Waals surface area (Å²) in [6.45, 7) is 6.67. The van der Waals surface area contributed by atoms with Crippen LogP contribution in [0.1, 0.15) is 71.9 Å². The van der Waals surface area contributed by atoms with Gasteiger partial charge in [0.25, 0.3) is 0 Å². The molecular weight excluding hydrogens is 668 g/mol. The summed E-state index contributed by atoms with van der Waals surface area (Å²) in [4.78, 5) is 84.7. The second-order valence-electron chi connectivity index (χ2n) is 12.4. The molecule has 0 bridgehead atoms. The molecule has 0 aliphatic heterocycles. The van der Waals surface area contributed by atoms with E-state index in [0.717, 1.165) is 0 Å². The molecule has 0 saturated carbocycles. The summed E-state index contributed by atoms with van der Waals surface area (Å²) in [6.07, 6.45) is 3.71. The minimum atomic E-state index is -1.61. The Morgan fingerprint density at radius 1 is 0.863 bits per heavy atom. The van der Waals surface area contributed by atoms with Crippen LogP contribution in [0.3, 0.4) is 0 Å². The number of H-pyrrole nitrogens is 1. The van der Waals surface area contributed by atoms with Gasteiger partial charge in [-0.15, -0.1) is 0 Å². The topological polar surface area (TPSA) is 346 Å². The number of carboxylic acids is 1. The maximum absolute atomic E-state index is 13.6. The first kappa shape index (κ1) is 44.2. The van der Waals surface area contributed by atoms with Crippen LogP contribution in [0.5, 0.6) is 0 Å². The molecule has 0 saturated heterocycles. The zero-order valence-corrected chi connectivity index (χ0v) is 29.7. The summed E-state index contributed by atoms with van der Waals surface area (Å²) >= 11 is 0. The molecule has 20 heteroatoms. The van der Waals surface area contributed by atoms with Gasteiger partial charge in [0.05, 0.1) is 24.2 Å². The van der Waals surface area contributed by atoms with Gasteiger partial charge in [-0.05, 0) is 58.4 Å². The highest BCUT2D eigenvalue weighted by atomic mass is 16.4. The predicted octanol–water partition coefficient (Wildman–Crippen LogP) is -3.37. The van der Waals surface area contributed by atoms with E-state index >= 15 is 0 Å². The van der Waals surface area contributed by atoms with Crippen LogP contribution in [0.15, 0.2) is 12.5 Å². The van der Waals surface area contributed by atoms with Crippen LogP contribution in [0.4, 0.5) is 0 Å². The number of aliphatic carboxylic acids is 1. The fraction of sp³-hybridized carbons (Fsp3) is 0.677. The van der Waals surface area contributed by atoms with Crippen molar-refractivity contribution < 1.29 is 39.0 Å². The van der Waals surface area contributed by atoms with Crippen LogP contribution in [0.2, 0.25) is 0 Å². The molecule has 0 aromatic carbocycles. The molecule has 0 fully saturated rings. The lowest BCUT2D eigenvalue weighted by molar-refractivity contribution is -0.145. The van der Waals surface area contributed by atoms with E-state index in [1.54, 1.807) is 20.0 Å². The van der Waals surface area contributed by atoms with Crippen LogP contribution in [0, 0.1) is 11.3 Å². The number of hydrogen-bond acceptors (Lipinski definition) is 11. The van der Waals surface area contributed by atoms with Crippen molar-refractivity contribution >= 4 is 41.5 Å². The Morgan fingerprint density at radius 3 is 2.04 bits per heavy atom. The van der Waals surface area contributed by atoms with Crippen LogP contribution in [0.25, 0.3) is 0 Å². The third-order valence-electron chi connectivity index (χ3n) is 8.12. The fourth-order valence-electron chi connectivity index (χ4n) is 4.80. The van der Waals surface area contributed by atoms with E-state index in [4.69, 9.17) is 22.6 Å². The lowest BCUT2D eigenvalue weighted by Gasteiger charge is -2.28. The molecule has 288 valence electrons. The number of amides is 5. The number of imidazole rings is 1. The molecule has 0 spiro atoms. The minimum absolute atomic E-state index is 0.0352. The highest BCUT2D eigenvalue weighted by Crippen LogP contribution is 2.10. The Labute approximate surface area is 297 Å². The first-order valence-corrected chi connectivity index (χ1v) is 17.0. The summed E-state index contributed by atoms with van der Waals surface area (Å²) in [5.41, 5.74) is 17.4. The second kappa shape index (κ2) is 22.8. The van der Waals surface area contributed by atoms with Gasteiger partial charge in [-0.3, -0.25) is 29.4 Å². The Kier molecular flexibility index (Phi) is 19.8. The molecule has 0 radical (unpaired) electrons. The number of carboxylic acid groups (broad SMARTS) is 1. The molecule has 51 heavy (non-hydrogen) atoms. The number of nitrogens with one attached hydrogen (secondary N) is 8. The number of nitrogens with zero attached hydrogens (tertiary/aromatic N) is 1. The van der Waals surface area contributed by atoms with E-state index in [0.29, 0.717) is 44.5 Å². The zero-order chi connectivity index (χ0) is 38.7. The summed E-state index contributed by atoms with van der Waals surface area (Å²) in [5.74, 6) is -5.74. The van der Waals surface area contributed by atoms with Crippen LogP contribution >= 0.6 is 0 Å². The molecule has 20 nitrogen and oxygen atoms in total. The number of aromatic amines is 1. The number of rotatable bonds is 24. The van der Waals surface area contributed by atoms with Gasteiger partial charge < -0.3 is 64.3 Å². The predicted molar refractivity (Wildman–Crippen MR) is 186 cm³/mol. The van der Waals surface area contributed by atoms with Crippen LogP contribution in [-0.2, 0) is 35.2 Å². The van der Waals surface area contributed by atoms with Crippen LogP contribution in [-0.4, -0.2) is 117 Å². The molecular formula is C31H56N12O8. The van der Waals surface area contributed by atoms with Gasteiger partial charge in [0.15, 0.2) is 12.0 Å². The minimum Gasteiger partial charge on any atom is -0.480 e. The van der Waals surface area contributed by atoms with Crippen molar-refractivity contribution in [3.8, 4) is 0 Å². The zero-order valence-electron chi connectivity index (χ0n) is 29.7. The second-order valence-corrected chi connectivity index (χ2v) is 12.4. The van der Waals surface area contributed by atoms with Gasteiger partial charge in [0, 0.05) is 19.2 Å². The van der Waals surface area contributed by atoms with E-state index in [9.17, 15) is 39.0 Å². The molecule has 1 heterocycles. The van der Waals surface area contributed by atoms with E-state index in [-0.39, 0.29) is 25.2 Å². The molecule has 16 N–H and O–H groups in total. The third-order valence-corrected chi connectivity index (χ3v) is 8.12. The molecule has 0 aliphatic carbocycles. The SMILES string of the molecule is CC[C@H](C)[C@H](NC(=O)[C@H](C)NC(=O)[C@H](CCCCN)NC(=O)[C@H](Cc1c[nH]cn1)NC(=O)[C@@H](N)CCCNC(=N)N)C(=O)N[C@H](C(=O)O)[C@@H](C)O. The smallest absolute Gasteiger partial charge is 0.328 e. The van der Waals surface area contributed by atoms with E-state index < -0.39 is 83.8 Å². The Morgan fingerprint density at radius 2 is 1.49 bits per heavy atom. The van der Waals surface area contributed by atoms with Crippen molar-refractivity contribution in [2.45, 2.75) is 115 Å². The molecule has 5 amide bonds. The molecule has 8 atom stereocenters. The Hall–Kier alpha value is -4.82. The number of aromatic nitrogens is 2. The maximum atomic E-state index is 13.6. The van der Waals surface area contributed by atoms with E-state index in [2.05, 4.69) is 41.9 Å². The molecule has 1 aromatic rings. The number of carbonyl (C=O) groups is 6. The molecule has 0 aliphatic rings. The lowest BCUT2D eigenvalue weighted by Crippen LogP contribution is -2.60. The van der Waals surface area contributed by atoms with E-state index in [1.165, 1.54) is 20.2 Å². The van der Waals surface area contributed by atoms with E-state index in [1.807, 2.05) is 0 Å². The number of nitrogens with two attached hydrogens (primary N) is 3. The van der Waals surface area contributed by atoms with Crippen molar-refractivity contribution in [2.75, 3.05) is 13.1 Å². The van der Waals surface area contributed by atoms with Crippen LogP contribution < -0.4 is 49.1 Å². The Bertz CT molecular complexity index is 1300. The number of guanidine groups is 1. The highest BCUT2D eigenvalue weighted by molar-refractivity contribution is 5.96. The van der Waals surface area contributed by atoms with Crippen molar-refractivity contribution in [3.05, 3.63) is 18.2 Å². The Balaban J connectivity index is 3.09. The largest absolute Gasteiger partial charge is 0.480 e. The normalized spacial score (nSPS) is 15.7. The number of aliphatic hydroxyl groups is 1. The summed E-state index contributed by atoms with van der Waals surface area (Å²) in [6, 6.07) is -7.32. The average Bonchev–Trinajstić information content (AvgIpc) is 3.59. The maximum Gasteiger partial charge on any atom is 0.328 e. The van der Waals surface area contributed by atoms with Crippen molar-refractivity contribution in [3.63, 3.8) is 0 Å². The molecule has 0 unspecified atom stereocenters. The van der Waals surface area contributed by atoms with Crippen molar-refractivity contribution in [2.24, 2.45) is 23.1 Å². The molecule has 1 rings (SSSR count). The first-order valence-electron chi connectivity index (χ1n) is 17.0. The number of hydrogen-bond donors (Lipinski definition) is 13. The van der Waals surface area contributed by atoms with Crippen molar-refractivity contribution in [1.29, 1.82) is 5.41 Å². The third kappa shape index (κ3) is 16.2. The fourth-order valence-corrected chi connectivity index (χ4v) is 4.80. The molecule has 1 aromatic heterocycles. The quantitative estimate of drug-likeness (QED) is 0.0282. The van der Waals surface area contributed by atoms with Gasteiger partial charge in [0.2, 0.25) is 29.5 Å². The summed E-state index contributed by atoms with van der Waals surface area (Å²) in [5, 5.41) is 41.6. The number of unbranched alkanes of at least 4 members (excludes halogenated alkanes) is 1. The standard InChI is InChI=1S/C31H56N12O8/c1-5-16(2)23(29(49)43-24(18(4)44)30(50)51)42-25(45)17(3)39-27(47)21(10-6-7-11-32)40-28(48)22(13-19-14-36-15-38-19)41-26(46)20(33)9-8-12-37-31(34)35/h14-18,20-24,44H,5-13,32-33H2,1-4H3,(H,36,38)(H,39,47)(H,40,48)(H,41,46)(H,42,45)(H,43,49)(H,50,51)(H4,34,35,37)/t16-,17-,18+,20-,21-,22-,23-,24-/m0/s1.